The fourth-order valence-electron chi connectivity index (χ4n) is 2.41. The number of ether oxygens (including phenoxy) is 1. The van der Waals surface area contributed by atoms with E-state index < -0.39 is 4.92 Å². The van der Waals surface area contributed by atoms with Crippen molar-refractivity contribution in [1.82, 2.24) is 5.32 Å². The van der Waals surface area contributed by atoms with Crippen molar-refractivity contribution in [2.45, 2.75) is 19.8 Å². The molecule has 0 unspecified atom stereocenters. The highest BCUT2D eigenvalue weighted by molar-refractivity contribution is 5.94. The minimum Gasteiger partial charge on any atom is -0.494 e. The predicted octanol–water partition coefficient (Wildman–Crippen LogP) is 3.18. The first kappa shape index (κ1) is 20.9. The third kappa shape index (κ3) is 7.06. The minimum atomic E-state index is -0.450. The Morgan fingerprint density at radius 3 is 2.32 bits per heavy atom. The predicted molar refractivity (Wildman–Crippen MR) is 106 cm³/mol. The van der Waals surface area contributed by atoms with Gasteiger partial charge in [0.25, 0.3) is 5.69 Å². The van der Waals surface area contributed by atoms with Crippen LogP contribution >= 0.6 is 0 Å². The number of rotatable bonds is 11. The lowest BCUT2D eigenvalue weighted by atomic mass is 10.1. The smallest absolute Gasteiger partial charge is 0.269 e. The number of hydrogen-bond acceptors (Lipinski definition) is 6. The van der Waals surface area contributed by atoms with Crippen molar-refractivity contribution in [3.63, 3.8) is 0 Å². The Labute approximate surface area is 163 Å². The molecule has 0 bridgehead atoms. The van der Waals surface area contributed by atoms with E-state index in [9.17, 15) is 19.7 Å². The van der Waals surface area contributed by atoms with Gasteiger partial charge < -0.3 is 15.4 Å². The Balaban J connectivity index is 1.56. The zero-order valence-electron chi connectivity index (χ0n) is 15.6. The van der Waals surface area contributed by atoms with E-state index in [0.29, 0.717) is 43.9 Å². The number of anilines is 1. The third-order valence-corrected chi connectivity index (χ3v) is 3.93. The molecule has 8 nitrogen and oxygen atoms in total. The van der Waals surface area contributed by atoms with Crippen LogP contribution in [0.5, 0.6) is 5.75 Å². The molecule has 28 heavy (non-hydrogen) atoms. The molecule has 1 amide bonds. The van der Waals surface area contributed by atoms with Gasteiger partial charge >= 0.3 is 0 Å². The number of hydrogen-bond donors (Lipinski definition) is 2. The van der Waals surface area contributed by atoms with Crippen LogP contribution in [0.15, 0.2) is 48.5 Å². The number of benzene rings is 2. The summed E-state index contributed by atoms with van der Waals surface area (Å²) in [5.74, 6) is 0.602. The lowest BCUT2D eigenvalue weighted by Crippen LogP contribution is -2.28. The number of carbonyl (C=O) groups excluding carboxylic acids is 2. The highest BCUT2D eigenvalue weighted by Gasteiger charge is 2.04. The summed E-state index contributed by atoms with van der Waals surface area (Å²) >= 11 is 0. The summed E-state index contributed by atoms with van der Waals surface area (Å²) in [5, 5.41) is 16.5. The molecule has 2 aromatic carbocycles. The molecule has 2 N–H and O–H groups in total. The van der Waals surface area contributed by atoms with E-state index in [1.54, 1.807) is 36.4 Å². The molecule has 0 saturated heterocycles. The zero-order valence-corrected chi connectivity index (χ0v) is 15.6. The quantitative estimate of drug-likeness (QED) is 0.266. The second-order valence-electron chi connectivity index (χ2n) is 6.11. The van der Waals surface area contributed by atoms with Crippen LogP contribution in [0.3, 0.4) is 0 Å². The summed E-state index contributed by atoms with van der Waals surface area (Å²) in [6.45, 7) is 2.88. The van der Waals surface area contributed by atoms with Gasteiger partial charge in [0.2, 0.25) is 5.91 Å². The minimum absolute atomic E-state index is 0.00582. The molecular formula is C20H23N3O5. The van der Waals surface area contributed by atoms with Crippen LogP contribution in [0.25, 0.3) is 0 Å². The fraction of sp³-hybridized carbons (Fsp3) is 0.300. The molecule has 2 aromatic rings. The number of ketones is 1. The highest BCUT2D eigenvalue weighted by Crippen LogP contribution is 2.15. The van der Waals surface area contributed by atoms with Crippen LogP contribution in [-0.4, -0.2) is 36.3 Å². The first-order valence-corrected chi connectivity index (χ1v) is 8.94. The van der Waals surface area contributed by atoms with Gasteiger partial charge in [-0.25, -0.2) is 0 Å². The summed E-state index contributed by atoms with van der Waals surface area (Å²) in [4.78, 5) is 33.1. The molecule has 0 atom stereocenters. The lowest BCUT2D eigenvalue weighted by molar-refractivity contribution is -0.384. The molecular weight excluding hydrogens is 362 g/mol. The first-order chi connectivity index (χ1) is 13.5. The molecule has 2 rings (SSSR count). The van der Waals surface area contributed by atoms with Gasteiger partial charge in [0, 0.05) is 42.9 Å². The number of nitrogens with zero attached hydrogens (tertiary/aromatic N) is 1. The summed E-state index contributed by atoms with van der Waals surface area (Å²) < 4.78 is 5.55. The van der Waals surface area contributed by atoms with Crippen LogP contribution in [0.4, 0.5) is 11.4 Å². The van der Waals surface area contributed by atoms with E-state index in [1.165, 1.54) is 19.1 Å². The Morgan fingerprint density at radius 1 is 1.04 bits per heavy atom. The number of nitro groups is 1. The molecule has 0 heterocycles. The second kappa shape index (κ2) is 10.7. The number of Topliss-reactive ketones (excluding diaryl/α,β-unsaturated/α-hetero) is 1. The van der Waals surface area contributed by atoms with E-state index in [2.05, 4.69) is 10.6 Å². The van der Waals surface area contributed by atoms with E-state index >= 15 is 0 Å². The van der Waals surface area contributed by atoms with Gasteiger partial charge in [0.15, 0.2) is 5.78 Å². The molecule has 0 aliphatic heterocycles. The van der Waals surface area contributed by atoms with Crippen molar-refractivity contribution in [2.75, 3.05) is 25.0 Å². The van der Waals surface area contributed by atoms with Crippen LogP contribution in [0.2, 0.25) is 0 Å². The van der Waals surface area contributed by atoms with Crippen molar-refractivity contribution in [3.05, 3.63) is 64.2 Å². The van der Waals surface area contributed by atoms with E-state index in [0.717, 1.165) is 5.69 Å². The molecule has 0 aliphatic rings. The van der Waals surface area contributed by atoms with Gasteiger partial charge in [-0.05, 0) is 49.7 Å². The maximum absolute atomic E-state index is 11.8. The van der Waals surface area contributed by atoms with Gasteiger partial charge in [-0.2, -0.15) is 0 Å². The molecule has 0 saturated carbocycles. The summed E-state index contributed by atoms with van der Waals surface area (Å²) in [5.41, 5.74) is 1.42. The average molecular weight is 385 g/mol. The Kier molecular flexibility index (Phi) is 7.95. The van der Waals surface area contributed by atoms with Crippen LogP contribution < -0.4 is 15.4 Å². The number of nitrogens with one attached hydrogen (secondary N) is 2. The second-order valence-corrected chi connectivity index (χ2v) is 6.11. The van der Waals surface area contributed by atoms with Crippen molar-refractivity contribution in [3.8, 4) is 5.75 Å². The first-order valence-electron chi connectivity index (χ1n) is 8.94. The normalized spacial score (nSPS) is 10.2. The van der Waals surface area contributed by atoms with Crippen LogP contribution in [0.1, 0.15) is 30.1 Å². The van der Waals surface area contributed by atoms with Gasteiger partial charge in [0.1, 0.15) is 5.75 Å². The summed E-state index contributed by atoms with van der Waals surface area (Å²) in [6, 6.07) is 13.0. The molecule has 8 heteroatoms. The Hall–Kier alpha value is -3.42. The maximum atomic E-state index is 11.8. The molecule has 0 aliphatic carbocycles. The Morgan fingerprint density at radius 2 is 1.71 bits per heavy atom. The van der Waals surface area contributed by atoms with E-state index in [4.69, 9.17) is 4.74 Å². The Bertz CT molecular complexity index is 736. The van der Waals surface area contributed by atoms with Gasteiger partial charge in [-0.15, -0.1) is 0 Å². The van der Waals surface area contributed by atoms with Crippen LogP contribution in [0, 0.1) is 10.1 Å². The summed E-state index contributed by atoms with van der Waals surface area (Å²) in [6.07, 6.45) is 0.930. The molecule has 0 fully saturated rings. The van der Waals surface area contributed by atoms with Gasteiger partial charge in [-0.3, -0.25) is 19.7 Å². The fourth-order valence-corrected chi connectivity index (χ4v) is 2.41. The average Bonchev–Trinajstić information content (AvgIpc) is 2.69. The topological polar surface area (TPSA) is 111 Å². The van der Waals surface area contributed by atoms with Gasteiger partial charge in [-0.1, -0.05) is 0 Å². The largest absolute Gasteiger partial charge is 0.494 e. The van der Waals surface area contributed by atoms with Gasteiger partial charge in [0.05, 0.1) is 11.5 Å². The standard InChI is InChI=1S/C20H23N3O5/c1-15(24)16-4-10-19(11-5-16)28-14-2-3-20(25)22-13-12-21-17-6-8-18(9-7-17)23(26)27/h4-11,21H,2-3,12-14H2,1H3,(H,22,25). The van der Waals surface area contributed by atoms with Crippen molar-refractivity contribution in [1.29, 1.82) is 0 Å². The van der Waals surface area contributed by atoms with Crippen LogP contribution in [-0.2, 0) is 4.79 Å². The molecule has 0 radical (unpaired) electrons. The number of amides is 1. The van der Waals surface area contributed by atoms with Crippen molar-refractivity contribution in [2.24, 2.45) is 0 Å². The number of non-ortho nitro benzene ring substituents is 1. The number of nitro benzene ring substituents is 1. The van der Waals surface area contributed by atoms with E-state index in [1.807, 2.05) is 0 Å². The molecule has 148 valence electrons. The highest BCUT2D eigenvalue weighted by atomic mass is 16.6. The maximum Gasteiger partial charge on any atom is 0.269 e. The lowest BCUT2D eigenvalue weighted by Gasteiger charge is -2.09. The third-order valence-electron chi connectivity index (χ3n) is 3.93. The number of carbonyl (C=O) groups is 2. The van der Waals surface area contributed by atoms with E-state index in [-0.39, 0.29) is 17.4 Å². The van der Waals surface area contributed by atoms with Crippen molar-refractivity contribution >= 4 is 23.1 Å². The molecule has 0 aromatic heterocycles. The monoisotopic (exact) mass is 385 g/mol. The molecule has 0 spiro atoms. The zero-order chi connectivity index (χ0) is 20.4. The van der Waals surface area contributed by atoms with Crippen molar-refractivity contribution < 1.29 is 19.2 Å². The SMILES string of the molecule is CC(=O)c1ccc(OCCCC(=O)NCCNc2ccc([N+](=O)[O-])cc2)cc1. The summed E-state index contributed by atoms with van der Waals surface area (Å²) in [7, 11) is 0.